The van der Waals surface area contributed by atoms with Crippen LogP contribution in [0.15, 0.2) is 48.5 Å². The van der Waals surface area contributed by atoms with E-state index < -0.39 is 16.7 Å². The van der Waals surface area contributed by atoms with Crippen molar-refractivity contribution in [3.63, 3.8) is 0 Å². The fourth-order valence-electron chi connectivity index (χ4n) is 2.26. The Morgan fingerprint density at radius 3 is 2.48 bits per heavy atom. The average Bonchev–Trinajstić information content (AvgIpc) is 2.58. The van der Waals surface area contributed by atoms with Gasteiger partial charge in [-0.05, 0) is 37.6 Å². The Morgan fingerprint density at radius 2 is 1.80 bits per heavy atom. The molecule has 25 heavy (non-hydrogen) atoms. The summed E-state index contributed by atoms with van der Waals surface area (Å²) in [4.78, 5) is 34.2. The number of nitrogens with zero attached hydrogens (tertiary/aromatic N) is 1. The maximum atomic E-state index is 12.1. The van der Waals surface area contributed by atoms with Crippen LogP contribution in [0.3, 0.4) is 0 Å². The van der Waals surface area contributed by atoms with Crippen LogP contribution < -0.4 is 10.9 Å². The lowest BCUT2D eigenvalue weighted by atomic mass is 10.1. The average molecular weight is 339 g/mol. The van der Waals surface area contributed by atoms with Gasteiger partial charge in [-0.15, -0.1) is 0 Å². The smallest absolute Gasteiger partial charge is 0.268 e. The third kappa shape index (κ3) is 4.74. The first-order chi connectivity index (χ1) is 11.9. The standard InChI is InChI=1S/C18H17N3O4/c1-12-7-9-15(13(2)11-12)18(23)20-19-17(22)10-8-14-5-3-4-6-16(14)21(24)25/h3-11H,1-2H3,(H,19,22)(H,20,23)/b10-8+. The number of nitro benzene ring substituents is 1. The number of hydrogen-bond donors (Lipinski definition) is 2. The molecule has 0 aliphatic carbocycles. The van der Waals surface area contributed by atoms with Crippen molar-refractivity contribution in [3.05, 3.63) is 80.9 Å². The molecule has 2 aromatic rings. The number of rotatable bonds is 4. The molecule has 0 saturated carbocycles. The molecule has 2 aromatic carbocycles. The molecule has 0 aliphatic heterocycles. The minimum atomic E-state index is -0.601. The number of benzene rings is 2. The Bertz CT molecular complexity index is 859. The summed E-state index contributed by atoms with van der Waals surface area (Å²) < 4.78 is 0. The van der Waals surface area contributed by atoms with Crippen molar-refractivity contribution in [2.24, 2.45) is 0 Å². The minimum Gasteiger partial charge on any atom is -0.268 e. The first kappa shape index (κ1) is 17.9. The van der Waals surface area contributed by atoms with Gasteiger partial charge in [-0.1, -0.05) is 29.8 Å². The second-order valence-electron chi connectivity index (χ2n) is 5.41. The van der Waals surface area contributed by atoms with Crippen molar-refractivity contribution < 1.29 is 14.5 Å². The molecule has 0 aromatic heterocycles. The monoisotopic (exact) mass is 339 g/mol. The van der Waals surface area contributed by atoms with E-state index in [1.165, 1.54) is 18.2 Å². The Hall–Kier alpha value is -3.48. The second kappa shape index (κ2) is 7.87. The van der Waals surface area contributed by atoms with Crippen LogP contribution in [0.1, 0.15) is 27.0 Å². The Balaban J connectivity index is 1.99. The molecule has 0 heterocycles. The number of aryl methyl sites for hydroxylation is 2. The van der Waals surface area contributed by atoms with Crippen molar-refractivity contribution in [2.45, 2.75) is 13.8 Å². The summed E-state index contributed by atoms with van der Waals surface area (Å²) in [5.74, 6) is -1.04. The lowest BCUT2D eigenvalue weighted by molar-refractivity contribution is -0.385. The van der Waals surface area contributed by atoms with Gasteiger partial charge in [-0.3, -0.25) is 30.6 Å². The topological polar surface area (TPSA) is 101 Å². The molecule has 7 nitrogen and oxygen atoms in total. The normalized spacial score (nSPS) is 10.5. The molecule has 0 saturated heterocycles. The fraction of sp³-hybridized carbons (Fsp3) is 0.111. The van der Waals surface area contributed by atoms with Gasteiger partial charge in [0.2, 0.25) is 0 Å². The largest absolute Gasteiger partial charge is 0.276 e. The molecule has 0 spiro atoms. The van der Waals surface area contributed by atoms with Crippen LogP contribution >= 0.6 is 0 Å². The molecule has 0 bridgehead atoms. The first-order valence-corrected chi connectivity index (χ1v) is 7.47. The molecule has 0 radical (unpaired) electrons. The number of amides is 2. The van der Waals surface area contributed by atoms with Crippen LogP contribution in [0.4, 0.5) is 5.69 Å². The maximum absolute atomic E-state index is 12.1. The van der Waals surface area contributed by atoms with E-state index in [0.29, 0.717) is 11.1 Å². The van der Waals surface area contributed by atoms with Gasteiger partial charge in [0.25, 0.3) is 17.5 Å². The molecule has 2 rings (SSSR count). The Labute approximate surface area is 144 Å². The molecule has 2 amide bonds. The highest BCUT2D eigenvalue weighted by atomic mass is 16.6. The first-order valence-electron chi connectivity index (χ1n) is 7.47. The second-order valence-corrected chi connectivity index (χ2v) is 5.41. The van der Waals surface area contributed by atoms with Gasteiger partial charge in [-0.25, -0.2) is 0 Å². The van der Waals surface area contributed by atoms with E-state index >= 15 is 0 Å². The molecule has 2 N–H and O–H groups in total. The van der Waals surface area contributed by atoms with Gasteiger partial charge in [0.05, 0.1) is 10.5 Å². The molecule has 7 heteroatoms. The quantitative estimate of drug-likeness (QED) is 0.508. The van der Waals surface area contributed by atoms with E-state index in [-0.39, 0.29) is 5.69 Å². The Kier molecular flexibility index (Phi) is 5.62. The summed E-state index contributed by atoms with van der Waals surface area (Å²) in [5.41, 5.74) is 7.02. The Morgan fingerprint density at radius 1 is 1.08 bits per heavy atom. The molecule has 128 valence electrons. The van der Waals surface area contributed by atoms with E-state index in [4.69, 9.17) is 0 Å². The fourth-order valence-corrected chi connectivity index (χ4v) is 2.26. The number of hydrogen-bond acceptors (Lipinski definition) is 4. The number of nitrogens with one attached hydrogen (secondary N) is 2. The number of hydrazine groups is 1. The molecule has 0 aliphatic rings. The van der Waals surface area contributed by atoms with Gasteiger partial charge in [0.1, 0.15) is 0 Å². The summed E-state index contributed by atoms with van der Waals surface area (Å²) in [5, 5.41) is 10.9. The van der Waals surface area contributed by atoms with E-state index in [1.54, 1.807) is 31.2 Å². The molecular weight excluding hydrogens is 322 g/mol. The van der Waals surface area contributed by atoms with Gasteiger partial charge >= 0.3 is 0 Å². The highest BCUT2D eigenvalue weighted by Gasteiger charge is 2.11. The van der Waals surface area contributed by atoms with Gasteiger partial charge in [0.15, 0.2) is 0 Å². The predicted molar refractivity (Wildman–Crippen MR) is 93.7 cm³/mol. The highest BCUT2D eigenvalue weighted by Crippen LogP contribution is 2.18. The molecule has 0 fully saturated rings. The minimum absolute atomic E-state index is 0.106. The summed E-state index contributed by atoms with van der Waals surface area (Å²) >= 11 is 0. The van der Waals surface area contributed by atoms with Crippen LogP contribution in [0.5, 0.6) is 0 Å². The van der Waals surface area contributed by atoms with E-state index in [1.807, 2.05) is 13.0 Å². The van der Waals surface area contributed by atoms with Gasteiger partial charge in [-0.2, -0.15) is 0 Å². The number of carbonyl (C=O) groups excluding carboxylic acids is 2. The van der Waals surface area contributed by atoms with Crippen LogP contribution in [0.25, 0.3) is 6.08 Å². The van der Waals surface area contributed by atoms with Crippen LogP contribution in [0, 0.1) is 24.0 Å². The van der Waals surface area contributed by atoms with Gasteiger partial charge < -0.3 is 0 Å². The summed E-state index contributed by atoms with van der Waals surface area (Å²) in [6.07, 6.45) is 2.43. The van der Waals surface area contributed by atoms with E-state index in [0.717, 1.165) is 17.2 Å². The lowest BCUT2D eigenvalue weighted by Crippen LogP contribution is -2.41. The number of para-hydroxylation sites is 1. The van der Waals surface area contributed by atoms with Crippen molar-refractivity contribution in [2.75, 3.05) is 0 Å². The number of carbonyl (C=O) groups is 2. The van der Waals surface area contributed by atoms with Crippen LogP contribution in [-0.2, 0) is 4.79 Å². The van der Waals surface area contributed by atoms with Crippen molar-refractivity contribution in [1.29, 1.82) is 0 Å². The van der Waals surface area contributed by atoms with Crippen LogP contribution in [-0.4, -0.2) is 16.7 Å². The van der Waals surface area contributed by atoms with Crippen molar-refractivity contribution in [3.8, 4) is 0 Å². The van der Waals surface area contributed by atoms with Crippen molar-refractivity contribution in [1.82, 2.24) is 10.9 Å². The SMILES string of the molecule is Cc1ccc(C(=O)NNC(=O)/C=C/c2ccccc2[N+](=O)[O-])c(C)c1. The van der Waals surface area contributed by atoms with E-state index in [2.05, 4.69) is 10.9 Å². The zero-order chi connectivity index (χ0) is 18.4. The van der Waals surface area contributed by atoms with E-state index in [9.17, 15) is 19.7 Å². The van der Waals surface area contributed by atoms with Crippen LogP contribution in [0.2, 0.25) is 0 Å². The zero-order valence-electron chi connectivity index (χ0n) is 13.8. The maximum Gasteiger partial charge on any atom is 0.276 e. The number of nitro groups is 1. The third-order valence-electron chi connectivity index (χ3n) is 3.47. The lowest BCUT2D eigenvalue weighted by Gasteiger charge is -2.08. The summed E-state index contributed by atoms with van der Waals surface area (Å²) in [6, 6.07) is 11.4. The predicted octanol–water partition coefficient (Wildman–Crippen LogP) is 2.69. The highest BCUT2D eigenvalue weighted by molar-refractivity contribution is 5.98. The zero-order valence-corrected chi connectivity index (χ0v) is 13.8. The molecule has 0 unspecified atom stereocenters. The summed E-state index contributed by atoms with van der Waals surface area (Å²) in [6.45, 7) is 3.72. The molecular formula is C18H17N3O4. The van der Waals surface area contributed by atoms with Crippen molar-refractivity contribution >= 4 is 23.6 Å². The summed E-state index contributed by atoms with van der Waals surface area (Å²) in [7, 11) is 0. The molecule has 0 atom stereocenters. The van der Waals surface area contributed by atoms with Gasteiger partial charge in [0, 0.05) is 17.7 Å². The third-order valence-corrected chi connectivity index (χ3v) is 3.47.